The van der Waals surface area contributed by atoms with Crippen molar-refractivity contribution in [1.29, 1.82) is 0 Å². The zero-order valence-electron chi connectivity index (χ0n) is 21.1. The molecule has 1 aromatic heterocycles. The molecule has 1 amide bonds. The van der Waals surface area contributed by atoms with Crippen LogP contribution in [-0.2, 0) is 19.5 Å². The Hall–Kier alpha value is -3.25. The summed E-state index contributed by atoms with van der Waals surface area (Å²) in [6.07, 6.45) is 0.702. The highest BCUT2D eigenvalue weighted by atomic mass is 16.5. The van der Waals surface area contributed by atoms with Crippen molar-refractivity contribution < 1.29 is 18.7 Å². The van der Waals surface area contributed by atoms with Gasteiger partial charge in [0, 0.05) is 26.2 Å². The van der Waals surface area contributed by atoms with Crippen LogP contribution in [0.15, 0.2) is 59.0 Å². The summed E-state index contributed by atoms with van der Waals surface area (Å²) < 4.78 is 16.6. The number of hydrogen-bond donors (Lipinski definition) is 0. The highest BCUT2D eigenvalue weighted by molar-refractivity contribution is 5.91. The van der Waals surface area contributed by atoms with Gasteiger partial charge in [0.2, 0.25) is 0 Å². The molecule has 0 spiro atoms. The van der Waals surface area contributed by atoms with Gasteiger partial charge < -0.3 is 18.8 Å². The van der Waals surface area contributed by atoms with Crippen molar-refractivity contribution >= 4 is 5.91 Å². The van der Waals surface area contributed by atoms with Crippen LogP contribution in [0, 0.1) is 6.92 Å². The standard InChI is InChI=1S/C28H36N2O4/c1-20(2)30(18-23-9-7-21(3)8-10-23)19-24-12-14-26(34-24)28(31)29(4)16-15-22-11-13-25(32-5)27(17-22)33-6/h7-14,17,20H,15-16,18-19H2,1-6H3. The number of furan rings is 1. The third-order valence-electron chi connectivity index (χ3n) is 6.00. The van der Waals surface area contributed by atoms with Crippen molar-refractivity contribution in [2.75, 3.05) is 27.8 Å². The second kappa shape index (κ2) is 11.7. The lowest BCUT2D eigenvalue weighted by atomic mass is 10.1. The number of hydrogen-bond acceptors (Lipinski definition) is 5. The van der Waals surface area contributed by atoms with Gasteiger partial charge in [-0.3, -0.25) is 9.69 Å². The van der Waals surface area contributed by atoms with Crippen molar-refractivity contribution in [2.24, 2.45) is 0 Å². The first-order valence-electron chi connectivity index (χ1n) is 11.7. The van der Waals surface area contributed by atoms with Crippen LogP contribution in [-0.4, -0.2) is 49.6 Å². The first-order valence-corrected chi connectivity index (χ1v) is 11.7. The molecule has 0 saturated carbocycles. The predicted molar refractivity (Wildman–Crippen MR) is 134 cm³/mol. The summed E-state index contributed by atoms with van der Waals surface area (Å²) in [4.78, 5) is 16.9. The fourth-order valence-electron chi connectivity index (χ4n) is 3.75. The number of methoxy groups -OCH3 is 2. The Balaban J connectivity index is 1.59. The van der Waals surface area contributed by atoms with E-state index in [1.807, 2.05) is 24.3 Å². The summed E-state index contributed by atoms with van der Waals surface area (Å²) in [6.45, 7) is 8.48. The van der Waals surface area contributed by atoms with Gasteiger partial charge in [0.05, 0.1) is 20.8 Å². The second-order valence-electron chi connectivity index (χ2n) is 8.92. The zero-order chi connectivity index (χ0) is 24.7. The van der Waals surface area contributed by atoms with E-state index in [0.29, 0.717) is 42.8 Å². The number of carbonyl (C=O) groups excluding carboxylic acids is 1. The maximum atomic E-state index is 12.9. The molecule has 1 heterocycles. The molecule has 34 heavy (non-hydrogen) atoms. The maximum absolute atomic E-state index is 12.9. The molecule has 0 fully saturated rings. The number of ether oxygens (including phenoxy) is 2. The van der Waals surface area contributed by atoms with Gasteiger partial charge in [-0.05, 0) is 62.6 Å². The third kappa shape index (κ3) is 6.64. The molecule has 0 N–H and O–H groups in total. The number of amides is 1. The molecule has 3 rings (SSSR count). The van der Waals surface area contributed by atoms with Crippen LogP contribution < -0.4 is 9.47 Å². The van der Waals surface area contributed by atoms with E-state index in [2.05, 4.69) is 49.9 Å². The van der Waals surface area contributed by atoms with Crippen molar-refractivity contribution in [3.8, 4) is 11.5 Å². The number of benzene rings is 2. The average Bonchev–Trinajstić information content (AvgIpc) is 3.31. The van der Waals surface area contributed by atoms with Crippen molar-refractivity contribution in [3.05, 3.63) is 82.8 Å². The van der Waals surface area contributed by atoms with E-state index in [0.717, 1.165) is 17.9 Å². The molecule has 0 radical (unpaired) electrons. The van der Waals surface area contributed by atoms with Crippen LogP contribution in [0.25, 0.3) is 0 Å². The lowest BCUT2D eigenvalue weighted by Gasteiger charge is -2.25. The quantitative estimate of drug-likeness (QED) is 0.384. The summed E-state index contributed by atoms with van der Waals surface area (Å²) in [5.41, 5.74) is 3.59. The second-order valence-corrected chi connectivity index (χ2v) is 8.92. The molecule has 0 atom stereocenters. The Morgan fingerprint density at radius 3 is 2.24 bits per heavy atom. The van der Waals surface area contributed by atoms with Crippen LogP contribution in [0.3, 0.4) is 0 Å². The van der Waals surface area contributed by atoms with Crippen LogP contribution >= 0.6 is 0 Å². The normalized spacial score (nSPS) is 11.2. The SMILES string of the molecule is COc1ccc(CCN(C)C(=O)c2ccc(CN(Cc3ccc(C)cc3)C(C)C)o2)cc1OC. The molecule has 182 valence electrons. The fourth-order valence-corrected chi connectivity index (χ4v) is 3.75. The number of aryl methyl sites for hydroxylation is 1. The average molecular weight is 465 g/mol. The van der Waals surface area contributed by atoms with Gasteiger partial charge in [0.15, 0.2) is 17.3 Å². The minimum absolute atomic E-state index is 0.124. The van der Waals surface area contributed by atoms with Gasteiger partial charge in [-0.25, -0.2) is 0 Å². The lowest BCUT2D eigenvalue weighted by molar-refractivity contribution is 0.0760. The van der Waals surface area contributed by atoms with Gasteiger partial charge in [0.1, 0.15) is 5.76 Å². The Labute approximate surface area is 203 Å². The Morgan fingerprint density at radius 1 is 0.912 bits per heavy atom. The highest BCUT2D eigenvalue weighted by Gasteiger charge is 2.19. The zero-order valence-corrected chi connectivity index (χ0v) is 21.1. The molecular formula is C28H36N2O4. The van der Waals surface area contributed by atoms with Crippen molar-refractivity contribution in [3.63, 3.8) is 0 Å². The van der Waals surface area contributed by atoms with Gasteiger partial charge in [0.25, 0.3) is 5.91 Å². The minimum atomic E-state index is -0.124. The van der Waals surface area contributed by atoms with Gasteiger partial charge in [-0.1, -0.05) is 35.9 Å². The van der Waals surface area contributed by atoms with E-state index >= 15 is 0 Å². The van der Waals surface area contributed by atoms with Crippen LogP contribution in [0.5, 0.6) is 11.5 Å². The van der Waals surface area contributed by atoms with E-state index < -0.39 is 0 Å². The Kier molecular flexibility index (Phi) is 8.77. The third-order valence-corrected chi connectivity index (χ3v) is 6.00. The lowest BCUT2D eigenvalue weighted by Crippen LogP contribution is -2.30. The van der Waals surface area contributed by atoms with Crippen molar-refractivity contribution in [1.82, 2.24) is 9.80 Å². The summed E-state index contributed by atoms with van der Waals surface area (Å²) in [6, 6.07) is 18.4. The summed E-state index contributed by atoms with van der Waals surface area (Å²) >= 11 is 0. The molecule has 6 heteroatoms. The van der Waals surface area contributed by atoms with E-state index in [-0.39, 0.29) is 5.91 Å². The highest BCUT2D eigenvalue weighted by Crippen LogP contribution is 2.27. The number of likely N-dealkylation sites (N-methyl/N-ethyl adjacent to an activating group) is 1. The van der Waals surface area contributed by atoms with Gasteiger partial charge in [-0.2, -0.15) is 0 Å². The molecule has 0 aliphatic carbocycles. The molecule has 2 aromatic carbocycles. The molecular weight excluding hydrogens is 428 g/mol. The van der Waals surface area contributed by atoms with Crippen LogP contribution in [0.4, 0.5) is 0 Å². The first kappa shape index (κ1) is 25.4. The minimum Gasteiger partial charge on any atom is -0.493 e. The summed E-state index contributed by atoms with van der Waals surface area (Å²) in [5.74, 6) is 2.41. The van der Waals surface area contributed by atoms with Crippen LogP contribution in [0.2, 0.25) is 0 Å². The van der Waals surface area contributed by atoms with E-state index in [1.165, 1.54) is 11.1 Å². The fraction of sp³-hybridized carbons (Fsp3) is 0.393. The first-order chi connectivity index (χ1) is 16.3. The number of carbonyl (C=O) groups is 1. The smallest absolute Gasteiger partial charge is 0.289 e. The molecule has 0 bridgehead atoms. The molecule has 0 unspecified atom stereocenters. The number of nitrogens with zero attached hydrogens (tertiary/aromatic N) is 2. The largest absolute Gasteiger partial charge is 0.493 e. The molecule has 6 nitrogen and oxygen atoms in total. The predicted octanol–water partition coefficient (Wildman–Crippen LogP) is 5.33. The Morgan fingerprint density at radius 2 is 1.59 bits per heavy atom. The van der Waals surface area contributed by atoms with Gasteiger partial charge >= 0.3 is 0 Å². The molecule has 0 aliphatic heterocycles. The number of rotatable bonds is 11. The molecule has 3 aromatic rings. The van der Waals surface area contributed by atoms with E-state index in [4.69, 9.17) is 13.9 Å². The summed E-state index contributed by atoms with van der Waals surface area (Å²) in [7, 11) is 5.03. The molecule has 0 saturated heterocycles. The van der Waals surface area contributed by atoms with Crippen molar-refractivity contribution in [2.45, 2.75) is 46.3 Å². The van der Waals surface area contributed by atoms with Gasteiger partial charge in [-0.15, -0.1) is 0 Å². The van der Waals surface area contributed by atoms with E-state index in [1.54, 1.807) is 32.2 Å². The molecule has 0 aliphatic rings. The maximum Gasteiger partial charge on any atom is 0.289 e. The summed E-state index contributed by atoms with van der Waals surface area (Å²) in [5, 5.41) is 0. The topological polar surface area (TPSA) is 55.2 Å². The van der Waals surface area contributed by atoms with E-state index in [9.17, 15) is 4.79 Å². The monoisotopic (exact) mass is 464 g/mol. The Bertz CT molecular complexity index is 1070. The van der Waals surface area contributed by atoms with Crippen LogP contribution in [0.1, 0.15) is 46.9 Å².